The molecule has 3 N–H and O–H groups in total. The van der Waals surface area contributed by atoms with E-state index in [1.54, 1.807) is 0 Å². The maximum atomic E-state index is 5.86. The Balaban J connectivity index is 2.20. The zero-order valence-electron chi connectivity index (χ0n) is 11.0. The predicted molar refractivity (Wildman–Crippen MR) is 69.1 cm³/mol. The van der Waals surface area contributed by atoms with E-state index in [-0.39, 0.29) is 5.54 Å². The highest BCUT2D eigenvalue weighted by molar-refractivity contribution is 5.43. The van der Waals surface area contributed by atoms with Crippen LogP contribution in [0.15, 0.2) is 12.1 Å². The van der Waals surface area contributed by atoms with Crippen LogP contribution < -0.4 is 11.1 Å². The third-order valence-electron chi connectivity index (χ3n) is 2.81. The Bertz CT molecular complexity index is 521. The van der Waals surface area contributed by atoms with Crippen molar-refractivity contribution in [2.75, 3.05) is 11.9 Å². The van der Waals surface area contributed by atoms with Crippen molar-refractivity contribution >= 4 is 11.5 Å². The van der Waals surface area contributed by atoms with Crippen molar-refractivity contribution in [2.45, 2.75) is 32.7 Å². The molecular formula is C11H19N7. The summed E-state index contributed by atoms with van der Waals surface area (Å²) in [5.41, 5.74) is 6.30. The fourth-order valence-electron chi connectivity index (χ4n) is 2.11. The number of nitrogens with one attached hydrogen (secondary N) is 1. The van der Waals surface area contributed by atoms with Gasteiger partial charge in [0.25, 0.3) is 0 Å². The first-order valence-electron chi connectivity index (χ1n) is 6.06. The van der Waals surface area contributed by atoms with Gasteiger partial charge in [0.2, 0.25) is 0 Å². The summed E-state index contributed by atoms with van der Waals surface area (Å²) in [5, 5.41) is 18.8. The quantitative estimate of drug-likeness (QED) is 0.810. The average Bonchev–Trinajstić information content (AvgIpc) is 2.75. The minimum atomic E-state index is -0.178. The molecular weight excluding hydrogens is 230 g/mol. The number of nitrogens with zero attached hydrogens (tertiary/aromatic N) is 5. The number of hydrogen-bond donors (Lipinski definition) is 2. The van der Waals surface area contributed by atoms with E-state index in [9.17, 15) is 0 Å². The Morgan fingerprint density at radius 1 is 1.44 bits per heavy atom. The number of fused-ring (bicyclic) bond motifs is 1. The minimum absolute atomic E-state index is 0.178. The minimum Gasteiger partial charge on any atom is -0.362 e. The zero-order valence-corrected chi connectivity index (χ0v) is 11.0. The van der Waals surface area contributed by atoms with Gasteiger partial charge < -0.3 is 11.1 Å². The summed E-state index contributed by atoms with van der Waals surface area (Å²) in [5.74, 6) is 1.28. The fourth-order valence-corrected chi connectivity index (χ4v) is 2.11. The molecule has 0 bridgehead atoms. The molecule has 0 saturated heterocycles. The second-order valence-electron chi connectivity index (χ2n) is 5.23. The second-order valence-corrected chi connectivity index (χ2v) is 5.23. The highest BCUT2D eigenvalue weighted by Crippen LogP contribution is 2.20. The summed E-state index contributed by atoms with van der Waals surface area (Å²) in [6, 6.07) is 3.68. The van der Waals surface area contributed by atoms with Crippen LogP contribution in [0.2, 0.25) is 0 Å². The van der Waals surface area contributed by atoms with Gasteiger partial charge in [0.1, 0.15) is 5.82 Å². The van der Waals surface area contributed by atoms with Gasteiger partial charge in [-0.3, -0.25) is 0 Å². The van der Waals surface area contributed by atoms with Gasteiger partial charge in [0.15, 0.2) is 5.65 Å². The maximum Gasteiger partial charge on any atom is 0.200 e. The van der Waals surface area contributed by atoms with Crippen LogP contribution in [0.5, 0.6) is 0 Å². The molecule has 2 aromatic rings. The van der Waals surface area contributed by atoms with Gasteiger partial charge in [-0.2, -0.15) is 0 Å². The van der Waals surface area contributed by atoms with Crippen LogP contribution in [-0.2, 0) is 0 Å². The van der Waals surface area contributed by atoms with Gasteiger partial charge in [-0.15, -0.1) is 14.8 Å². The summed E-state index contributed by atoms with van der Waals surface area (Å²) in [4.78, 5) is 0. The monoisotopic (exact) mass is 249 g/mol. The van der Waals surface area contributed by atoms with Crippen LogP contribution >= 0.6 is 0 Å². The SMILES string of the molecule is CC(C)CC(C)(CN)Nc1ccc2nnnn2n1. The zero-order chi connectivity index (χ0) is 13.2. The molecule has 2 heterocycles. The Morgan fingerprint density at radius 3 is 2.89 bits per heavy atom. The lowest BCUT2D eigenvalue weighted by Gasteiger charge is -2.31. The molecule has 7 heteroatoms. The molecule has 18 heavy (non-hydrogen) atoms. The van der Waals surface area contributed by atoms with Crippen LogP contribution in [-0.4, -0.2) is 37.3 Å². The summed E-state index contributed by atoms with van der Waals surface area (Å²) >= 11 is 0. The number of rotatable bonds is 5. The Morgan fingerprint density at radius 2 is 2.22 bits per heavy atom. The van der Waals surface area contributed by atoms with Crippen molar-refractivity contribution in [3.8, 4) is 0 Å². The molecule has 1 atom stereocenters. The highest BCUT2D eigenvalue weighted by atomic mass is 15.6. The van der Waals surface area contributed by atoms with Crippen molar-refractivity contribution < 1.29 is 0 Å². The molecule has 2 aromatic heterocycles. The van der Waals surface area contributed by atoms with Crippen LogP contribution in [0.25, 0.3) is 5.65 Å². The van der Waals surface area contributed by atoms with E-state index in [1.807, 2.05) is 12.1 Å². The smallest absolute Gasteiger partial charge is 0.200 e. The van der Waals surface area contributed by atoms with Crippen molar-refractivity contribution in [3.05, 3.63) is 12.1 Å². The first kappa shape index (κ1) is 12.7. The molecule has 7 nitrogen and oxygen atoms in total. The van der Waals surface area contributed by atoms with Gasteiger partial charge in [0, 0.05) is 12.1 Å². The van der Waals surface area contributed by atoms with Crippen LogP contribution in [0.3, 0.4) is 0 Å². The van der Waals surface area contributed by atoms with E-state index in [4.69, 9.17) is 5.73 Å². The molecule has 0 amide bonds. The van der Waals surface area contributed by atoms with E-state index in [1.165, 1.54) is 4.63 Å². The molecule has 0 aliphatic rings. The van der Waals surface area contributed by atoms with E-state index in [0.717, 1.165) is 12.2 Å². The van der Waals surface area contributed by atoms with Gasteiger partial charge in [-0.05, 0) is 41.8 Å². The summed E-state index contributed by atoms with van der Waals surface area (Å²) in [6.07, 6.45) is 0.971. The molecule has 0 fully saturated rings. The largest absolute Gasteiger partial charge is 0.362 e. The van der Waals surface area contributed by atoms with Crippen LogP contribution in [0.1, 0.15) is 27.2 Å². The number of nitrogens with two attached hydrogens (primary N) is 1. The maximum absolute atomic E-state index is 5.86. The number of hydrogen-bond acceptors (Lipinski definition) is 6. The van der Waals surface area contributed by atoms with Gasteiger partial charge in [-0.1, -0.05) is 13.8 Å². The van der Waals surface area contributed by atoms with Crippen molar-refractivity contribution in [1.82, 2.24) is 25.3 Å². The first-order chi connectivity index (χ1) is 8.52. The molecule has 0 aromatic carbocycles. The average molecular weight is 249 g/mol. The normalized spacial score (nSPS) is 14.9. The summed E-state index contributed by atoms with van der Waals surface area (Å²) in [6.45, 7) is 6.99. The standard InChI is InChI=1S/C11H19N7/c1-8(2)6-11(3,7-12)13-9-4-5-10-14-16-17-18(10)15-9/h4-5,8H,6-7,12H2,1-3H3,(H,13,15). The van der Waals surface area contributed by atoms with Crippen molar-refractivity contribution in [3.63, 3.8) is 0 Å². The molecule has 1 unspecified atom stereocenters. The lowest BCUT2D eigenvalue weighted by molar-refractivity contribution is 0.405. The molecule has 0 aliphatic carbocycles. The van der Waals surface area contributed by atoms with E-state index in [0.29, 0.717) is 18.1 Å². The summed E-state index contributed by atoms with van der Waals surface area (Å²) < 4.78 is 1.40. The molecule has 0 radical (unpaired) electrons. The number of aromatic nitrogens is 5. The third-order valence-corrected chi connectivity index (χ3v) is 2.81. The number of tetrazole rings is 1. The Labute approximate surface area is 106 Å². The first-order valence-corrected chi connectivity index (χ1v) is 6.06. The molecule has 0 aliphatic heterocycles. The fraction of sp³-hybridized carbons (Fsp3) is 0.636. The van der Waals surface area contributed by atoms with Crippen molar-refractivity contribution in [1.29, 1.82) is 0 Å². The van der Waals surface area contributed by atoms with E-state index in [2.05, 4.69) is 46.7 Å². The van der Waals surface area contributed by atoms with Crippen molar-refractivity contribution in [2.24, 2.45) is 11.7 Å². The van der Waals surface area contributed by atoms with Crippen LogP contribution in [0.4, 0.5) is 5.82 Å². The van der Waals surface area contributed by atoms with Gasteiger partial charge in [-0.25, -0.2) is 0 Å². The number of anilines is 1. The lowest BCUT2D eigenvalue weighted by atomic mass is 9.91. The van der Waals surface area contributed by atoms with Gasteiger partial charge in [0.05, 0.1) is 0 Å². The lowest BCUT2D eigenvalue weighted by Crippen LogP contribution is -2.44. The highest BCUT2D eigenvalue weighted by Gasteiger charge is 2.24. The van der Waals surface area contributed by atoms with E-state index >= 15 is 0 Å². The Hall–Kier alpha value is -1.76. The van der Waals surface area contributed by atoms with E-state index < -0.39 is 0 Å². The molecule has 2 rings (SSSR count). The Kier molecular flexibility index (Phi) is 3.42. The second kappa shape index (κ2) is 4.85. The predicted octanol–water partition coefficient (Wildman–Crippen LogP) is 0.695. The molecule has 0 saturated carbocycles. The topological polar surface area (TPSA) is 94.0 Å². The van der Waals surface area contributed by atoms with Gasteiger partial charge >= 0.3 is 0 Å². The third kappa shape index (κ3) is 2.73. The molecule has 0 spiro atoms. The molecule has 98 valence electrons. The summed E-state index contributed by atoms with van der Waals surface area (Å²) in [7, 11) is 0. The van der Waals surface area contributed by atoms with Crippen LogP contribution in [0, 0.1) is 5.92 Å².